The number of benzene rings is 2. The summed E-state index contributed by atoms with van der Waals surface area (Å²) < 4.78 is 10.4. The number of nitrogens with zero attached hydrogens (tertiary/aromatic N) is 1. The number of carbonyl (C=O) groups excluding carboxylic acids is 1. The molecule has 2 aromatic rings. The van der Waals surface area contributed by atoms with Crippen LogP contribution in [0.1, 0.15) is 11.1 Å². The Labute approximate surface area is 156 Å². The second-order valence-electron chi connectivity index (χ2n) is 4.99. The molecule has 25 heavy (non-hydrogen) atoms. The summed E-state index contributed by atoms with van der Waals surface area (Å²) in [6.45, 7) is 0. The Hall–Kier alpha value is -2.18. The molecule has 2 aromatic carbocycles. The van der Waals surface area contributed by atoms with Crippen molar-refractivity contribution < 1.29 is 14.3 Å². The van der Waals surface area contributed by atoms with Crippen LogP contribution >= 0.6 is 23.4 Å². The minimum atomic E-state index is -0.172. The predicted octanol–water partition coefficient (Wildman–Crippen LogP) is 3.74. The summed E-state index contributed by atoms with van der Waals surface area (Å²) in [5, 5.41) is 4.67. The van der Waals surface area contributed by atoms with Gasteiger partial charge in [-0.2, -0.15) is 5.10 Å². The number of amides is 1. The Bertz CT molecular complexity index is 753. The lowest BCUT2D eigenvalue weighted by Gasteiger charge is -2.07. The van der Waals surface area contributed by atoms with E-state index in [0.717, 1.165) is 11.1 Å². The molecule has 0 radical (unpaired) electrons. The highest BCUT2D eigenvalue weighted by Crippen LogP contribution is 2.26. The summed E-state index contributed by atoms with van der Waals surface area (Å²) in [7, 11) is 3.14. The molecule has 5 nitrogen and oxygen atoms in total. The summed E-state index contributed by atoms with van der Waals surface area (Å²) >= 11 is 7.56. The van der Waals surface area contributed by atoms with E-state index < -0.39 is 0 Å². The van der Waals surface area contributed by atoms with Crippen molar-refractivity contribution in [3.8, 4) is 11.5 Å². The third-order valence-corrected chi connectivity index (χ3v) is 4.61. The monoisotopic (exact) mass is 378 g/mol. The van der Waals surface area contributed by atoms with Crippen LogP contribution in [0.3, 0.4) is 0 Å². The number of hydrogen-bond acceptors (Lipinski definition) is 5. The van der Waals surface area contributed by atoms with Gasteiger partial charge in [0.15, 0.2) is 11.5 Å². The molecule has 0 atom stereocenters. The van der Waals surface area contributed by atoms with E-state index in [1.165, 1.54) is 11.8 Å². The van der Waals surface area contributed by atoms with Crippen molar-refractivity contribution in [2.75, 3.05) is 20.0 Å². The van der Waals surface area contributed by atoms with Crippen LogP contribution in [0.25, 0.3) is 0 Å². The first kappa shape index (κ1) is 19.1. The SMILES string of the molecule is COc1ccc(/C=N\NC(=O)CSCc2ccccc2Cl)cc1OC. The lowest BCUT2D eigenvalue weighted by molar-refractivity contribution is -0.118. The fourth-order valence-corrected chi connectivity index (χ4v) is 3.12. The third kappa shape index (κ3) is 5.99. The van der Waals surface area contributed by atoms with Crippen molar-refractivity contribution in [1.29, 1.82) is 0 Å². The number of carbonyl (C=O) groups is 1. The van der Waals surface area contributed by atoms with Gasteiger partial charge in [-0.1, -0.05) is 29.8 Å². The van der Waals surface area contributed by atoms with Gasteiger partial charge in [-0.15, -0.1) is 11.8 Å². The number of ether oxygens (including phenoxy) is 2. The van der Waals surface area contributed by atoms with Gasteiger partial charge in [0.25, 0.3) is 0 Å². The van der Waals surface area contributed by atoms with Crippen LogP contribution in [0.5, 0.6) is 11.5 Å². The predicted molar refractivity (Wildman–Crippen MR) is 103 cm³/mol. The number of thioether (sulfide) groups is 1. The first-order chi connectivity index (χ1) is 12.1. The average Bonchev–Trinajstić information content (AvgIpc) is 2.63. The Morgan fingerprint density at radius 3 is 2.68 bits per heavy atom. The molecule has 0 aromatic heterocycles. The molecule has 0 aliphatic rings. The van der Waals surface area contributed by atoms with Gasteiger partial charge in [0.1, 0.15) is 0 Å². The maximum Gasteiger partial charge on any atom is 0.250 e. The van der Waals surface area contributed by atoms with Crippen molar-refractivity contribution in [2.45, 2.75) is 5.75 Å². The van der Waals surface area contributed by atoms with E-state index in [1.54, 1.807) is 32.6 Å². The number of methoxy groups -OCH3 is 2. The zero-order valence-corrected chi connectivity index (χ0v) is 15.6. The molecule has 0 aliphatic heterocycles. The van der Waals surface area contributed by atoms with E-state index >= 15 is 0 Å². The van der Waals surface area contributed by atoms with Gasteiger partial charge in [0, 0.05) is 10.8 Å². The summed E-state index contributed by atoms with van der Waals surface area (Å²) in [4.78, 5) is 11.8. The van der Waals surface area contributed by atoms with Gasteiger partial charge >= 0.3 is 0 Å². The lowest BCUT2D eigenvalue weighted by atomic mass is 10.2. The average molecular weight is 379 g/mol. The molecule has 0 saturated carbocycles. The lowest BCUT2D eigenvalue weighted by Crippen LogP contribution is -2.19. The Kier molecular flexibility index (Phi) is 7.63. The molecule has 0 fully saturated rings. The second kappa shape index (κ2) is 9.96. The number of nitrogens with one attached hydrogen (secondary N) is 1. The van der Waals surface area contributed by atoms with E-state index in [-0.39, 0.29) is 5.91 Å². The quantitative estimate of drug-likeness (QED) is 0.561. The van der Waals surface area contributed by atoms with Crippen LogP contribution in [0.4, 0.5) is 0 Å². The summed E-state index contributed by atoms with van der Waals surface area (Å²) in [5.74, 6) is 2.04. The molecular formula is C18H19ClN2O3S. The normalized spacial score (nSPS) is 10.7. The second-order valence-corrected chi connectivity index (χ2v) is 6.38. The smallest absolute Gasteiger partial charge is 0.250 e. The van der Waals surface area contributed by atoms with Gasteiger partial charge in [0.2, 0.25) is 5.91 Å². The molecule has 0 spiro atoms. The van der Waals surface area contributed by atoms with Crippen molar-refractivity contribution in [2.24, 2.45) is 5.10 Å². The van der Waals surface area contributed by atoms with Gasteiger partial charge in [-0.25, -0.2) is 5.43 Å². The number of hydrogen-bond donors (Lipinski definition) is 1. The Morgan fingerprint density at radius 1 is 1.20 bits per heavy atom. The maximum absolute atomic E-state index is 11.8. The third-order valence-electron chi connectivity index (χ3n) is 3.26. The largest absolute Gasteiger partial charge is 0.493 e. The van der Waals surface area contributed by atoms with Crippen LogP contribution in [-0.2, 0) is 10.5 Å². The number of rotatable bonds is 8. The first-order valence-electron chi connectivity index (χ1n) is 7.49. The highest BCUT2D eigenvalue weighted by Gasteiger charge is 2.04. The van der Waals surface area contributed by atoms with Crippen molar-refractivity contribution in [3.63, 3.8) is 0 Å². The van der Waals surface area contributed by atoms with Crippen LogP contribution < -0.4 is 14.9 Å². The minimum absolute atomic E-state index is 0.172. The molecule has 132 valence electrons. The molecule has 0 heterocycles. The molecule has 1 N–H and O–H groups in total. The van der Waals surface area contributed by atoms with E-state index in [1.807, 2.05) is 30.3 Å². The Balaban J connectivity index is 1.79. The number of halogens is 1. The van der Waals surface area contributed by atoms with Crippen LogP contribution in [0.15, 0.2) is 47.6 Å². The first-order valence-corrected chi connectivity index (χ1v) is 9.02. The summed E-state index contributed by atoms with van der Waals surface area (Å²) in [6.07, 6.45) is 1.55. The topological polar surface area (TPSA) is 59.9 Å². The van der Waals surface area contributed by atoms with Gasteiger partial charge in [-0.05, 0) is 35.4 Å². The summed E-state index contributed by atoms with van der Waals surface area (Å²) in [5.41, 5.74) is 4.31. The standard InChI is InChI=1S/C18H19ClN2O3S/c1-23-16-8-7-13(9-17(16)24-2)10-20-21-18(22)12-25-11-14-5-3-4-6-15(14)19/h3-10H,11-12H2,1-2H3,(H,21,22)/b20-10-. The molecule has 0 unspecified atom stereocenters. The molecule has 0 bridgehead atoms. The molecule has 0 saturated heterocycles. The van der Waals surface area contributed by atoms with Crippen molar-refractivity contribution in [1.82, 2.24) is 5.43 Å². The molecule has 2 rings (SSSR count). The van der Waals surface area contributed by atoms with E-state index in [9.17, 15) is 4.79 Å². The maximum atomic E-state index is 11.8. The van der Waals surface area contributed by atoms with E-state index in [4.69, 9.17) is 21.1 Å². The van der Waals surface area contributed by atoms with Crippen molar-refractivity contribution in [3.05, 3.63) is 58.6 Å². The van der Waals surface area contributed by atoms with Crippen LogP contribution in [0, 0.1) is 0 Å². The molecule has 0 aliphatic carbocycles. The zero-order valence-electron chi connectivity index (χ0n) is 14.0. The van der Waals surface area contributed by atoms with Crippen LogP contribution in [-0.4, -0.2) is 32.1 Å². The van der Waals surface area contributed by atoms with Crippen molar-refractivity contribution >= 4 is 35.5 Å². The molecule has 1 amide bonds. The fourth-order valence-electron chi connectivity index (χ4n) is 2.01. The number of hydrazone groups is 1. The fraction of sp³-hybridized carbons (Fsp3) is 0.222. The molecular weight excluding hydrogens is 360 g/mol. The summed E-state index contributed by atoms with van der Waals surface area (Å²) in [6, 6.07) is 13.0. The highest BCUT2D eigenvalue weighted by molar-refractivity contribution is 7.99. The van der Waals surface area contributed by atoms with Crippen LogP contribution in [0.2, 0.25) is 5.02 Å². The minimum Gasteiger partial charge on any atom is -0.493 e. The zero-order chi connectivity index (χ0) is 18.1. The Morgan fingerprint density at radius 2 is 1.96 bits per heavy atom. The van der Waals surface area contributed by atoms with E-state index in [0.29, 0.717) is 28.0 Å². The van der Waals surface area contributed by atoms with Gasteiger partial charge in [0.05, 0.1) is 26.2 Å². The van der Waals surface area contributed by atoms with E-state index in [2.05, 4.69) is 10.5 Å². The molecule has 7 heteroatoms. The highest BCUT2D eigenvalue weighted by atomic mass is 35.5. The van der Waals surface area contributed by atoms with Gasteiger partial charge in [-0.3, -0.25) is 4.79 Å². The van der Waals surface area contributed by atoms with Gasteiger partial charge < -0.3 is 9.47 Å².